The lowest BCUT2D eigenvalue weighted by molar-refractivity contribution is 1.11. The van der Waals surface area contributed by atoms with E-state index in [0.717, 1.165) is 5.92 Å². The van der Waals surface area contributed by atoms with Crippen LogP contribution in [0.3, 0.4) is 0 Å². The van der Waals surface area contributed by atoms with Crippen molar-refractivity contribution in [3.8, 4) is 0 Å². The Morgan fingerprint density at radius 1 is 1.00 bits per heavy atom. The van der Waals surface area contributed by atoms with Crippen molar-refractivity contribution >= 4 is 0 Å². The van der Waals surface area contributed by atoms with Crippen LogP contribution in [0.25, 0.3) is 0 Å². The molecule has 1 saturated carbocycles. The largest absolute Gasteiger partial charge is 0.0776 e. The zero-order valence-corrected chi connectivity index (χ0v) is 7.22. The van der Waals surface area contributed by atoms with Crippen LogP contribution in [0.4, 0.5) is 0 Å². The molecule has 2 rings (SSSR count). The Labute approximate surface area is 75.6 Å². The summed E-state index contributed by atoms with van der Waals surface area (Å²) >= 11 is 0. The predicted octanol–water partition coefficient (Wildman–Crippen LogP) is 3.82. The molecule has 0 N–H and O–H groups in total. The molecule has 1 aromatic rings. The Balaban J connectivity index is 0.000000720. The van der Waals surface area contributed by atoms with E-state index in [2.05, 4.69) is 32.0 Å². The minimum atomic E-state index is 0. The fraction of sp³-hybridized carbons (Fsp3) is 0.500. The third-order valence-corrected chi connectivity index (χ3v) is 2.29. The molecule has 0 amide bonds. The van der Waals surface area contributed by atoms with Crippen molar-refractivity contribution in [2.75, 3.05) is 0 Å². The van der Waals surface area contributed by atoms with Crippen molar-refractivity contribution in [3.05, 3.63) is 34.9 Å². The predicted molar refractivity (Wildman–Crippen MR) is 54.6 cm³/mol. The van der Waals surface area contributed by atoms with Crippen LogP contribution >= 0.6 is 0 Å². The molecule has 0 heteroatoms. The van der Waals surface area contributed by atoms with E-state index in [0.29, 0.717) is 0 Å². The van der Waals surface area contributed by atoms with Crippen molar-refractivity contribution in [2.45, 2.75) is 40.0 Å². The van der Waals surface area contributed by atoms with Crippen molar-refractivity contribution in [1.29, 1.82) is 0 Å². The number of rotatable bonds is 1. The van der Waals surface area contributed by atoms with Gasteiger partial charge in [-0.15, -0.1) is 0 Å². The third-order valence-electron chi connectivity index (χ3n) is 2.29. The monoisotopic (exact) mass is 162 g/mol. The number of aryl methyl sites for hydroxylation is 2. The van der Waals surface area contributed by atoms with E-state index in [9.17, 15) is 0 Å². The summed E-state index contributed by atoms with van der Waals surface area (Å²) in [6.07, 6.45) is 2.81. The second-order valence-corrected chi connectivity index (χ2v) is 3.70. The molecule has 0 nitrogen and oxygen atoms in total. The zero-order valence-electron chi connectivity index (χ0n) is 7.22. The van der Waals surface area contributed by atoms with Crippen molar-refractivity contribution in [3.63, 3.8) is 0 Å². The highest BCUT2D eigenvalue weighted by Gasteiger charge is 2.23. The molecule has 1 aliphatic carbocycles. The lowest BCUT2D eigenvalue weighted by Gasteiger charge is -2.01. The summed E-state index contributed by atoms with van der Waals surface area (Å²) in [5.74, 6) is 0.897. The zero-order chi connectivity index (χ0) is 7.84. The van der Waals surface area contributed by atoms with Crippen LogP contribution < -0.4 is 0 Å². The van der Waals surface area contributed by atoms with Gasteiger partial charge in [-0.1, -0.05) is 36.8 Å². The van der Waals surface area contributed by atoms with E-state index >= 15 is 0 Å². The van der Waals surface area contributed by atoms with Gasteiger partial charge in [0.25, 0.3) is 0 Å². The van der Waals surface area contributed by atoms with Crippen LogP contribution in [0, 0.1) is 13.8 Å². The lowest BCUT2D eigenvalue weighted by Crippen LogP contribution is -1.83. The number of benzene rings is 1. The Morgan fingerprint density at radius 2 is 1.50 bits per heavy atom. The Hall–Kier alpha value is -0.780. The smallest absolute Gasteiger partial charge is 0.0161 e. The second kappa shape index (κ2) is 3.30. The molecule has 0 aliphatic heterocycles. The average molecular weight is 162 g/mol. The number of hydrogen-bond donors (Lipinski definition) is 0. The van der Waals surface area contributed by atoms with Gasteiger partial charge in [-0.2, -0.15) is 0 Å². The highest BCUT2D eigenvalue weighted by atomic mass is 14.3. The Bertz CT molecular complexity index is 249. The van der Waals surface area contributed by atoms with Crippen molar-refractivity contribution in [1.82, 2.24) is 0 Å². The van der Waals surface area contributed by atoms with Gasteiger partial charge in [0, 0.05) is 0 Å². The summed E-state index contributed by atoms with van der Waals surface area (Å²) in [6, 6.07) is 6.89. The maximum atomic E-state index is 2.32. The second-order valence-electron chi connectivity index (χ2n) is 3.70. The highest BCUT2D eigenvalue weighted by molar-refractivity contribution is 5.32. The van der Waals surface area contributed by atoms with Crippen LogP contribution in [0.15, 0.2) is 18.2 Å². The van der Waals surface area contributed by atoms with Gasteiger partial charge in [0.05, 0.1) is 0 Å². The summed E-state index contributed by atoms with van der Waals surface area (Å²) in [6.45, 7) is 4.36. The van der Waals surface area contributed by atoms with E-state index in [1.54, 1.807) is 5.56 Å². The normalized spacial score (nSPS) is 15.5. The standard InChI is InChI=1S/C11H14.CH4/c1-8-5-9(2)7-11(6-8)10-3-4-10;/h5-7,10H,3-4H2,1-2H3;1H4. The van der Waals surface area contributed by atoms with Crippen LogP contribution in [0.1, 0.15) is 42.9 Å². The summed E-state index contributed by atoms with van der Waals surface area (Å²) in [7, 11) is 0. The van der Waals surface area contributed by atoms with Gasteiger partial charge in [0.2, 0.25) is 0 Å². The molecule has 12 heavy (non-hydrogen) atoms. The molecule has 1 aromatic carbocycles. The number of hydrogen-bond acceptors (Lipinski definition) is 0. The fourth-order valence-electron chi connectivity index (χ4n) is 1.66. The lowest BCUT2D eigenvalue weighted by atomic mass is 10.0. The Morgan fingerprint density at radius 3 is 1.92 bits per heavy atom. The van der Waals surface area contributed by atoms with E-state index < -0.39 is 0 Å². The van der Waals surface area contributed by atoms with E-state index in [-0.39, 0.29) is 7.43 Å². The van der Waals surface area contributed by atoms with Gasteiger partial charge in [-0.25, -0.2) is 0 Å². The molecule has 0 bridgehead atoms. The first-order valence-electron chi connectivity index (χ1n) is 4.34. The topological polar surface area (TPSA) is 0 Å². The first-order chi connectivity index (χ1) is 5.25. The molecule has 0 spiro atoms. The molecule has 0 atom stereocenters. The molecule has 1 aliphatic rings. The quantitative estimate of drug-likeness (QED) is 0.589. The van der Waals surface area contributed by atoms with Gasteiger partial charge in [-0.3, -0.25) is 0 Å². The van der Waals surface area contributed by atoms with Crippen molar-refractivity contribution in [2.24, 2.45) is 0 Å². The average Bonchev–Trinajstić information content (AvgIpc) is 2.64. The molecule has 0 aromatic heterocycles. The van der Waals surface area contributed by atoms with Crippen LogP contribution in [-0.4, -0.2) is 0 Å². The van der Waals surface area contributed by atoms with Crippen LogP contribution in [-0.2, 0) is 0 Å². The molecule has 0 unspecified atom stereocenters. The minimum absolute atomic E-state index is 0. The van der Waals surface area contributed by atoms with Crippen molar-refractivity contribution < 1.29 is 0 Å². The summed E-state index contributed by atoms with van der Waals surface area (Å²) in [5, 5.41) is 0. The molecular weight excluding hydrogens is 144 g/mol. The SMILES string of the molecule is C.Cc1cc(C)cc(C2CC2)c1. The fourth-order valence-corrected chi connectivity index (χ4v) is 1.66. The van der Waals surface area contributed by atoms with Crippen LogP contribution in [0.5, 0.6) is 0 Å². The molecule has 66 valence electrons. The van der Waals surface area contributed by atoms with Gasteiger partial charge >= 0.3 is 0 Å². The van der Waals surface area contributed by atoms with Gasteiger partial charge < -0.3 is 0 Å². The first kappa shape index (κ1) is 9.31. The summed E-state index contributed by atoms with van der Waals surface area (Å²) in [4.78, 5) is 0. The maximum Gasteiger partial charge on any atom is -0.0161 e. The first-order valence-corrected chi connectivity index (χ1v) is 4.34. The highest BCUT2D eigenvalue weighted by Crippen LogP contribution is 2.40. The van der Waals surface area contributed by atoms with Gasteiger partial charge in [0.1, 0.15) is 0 Å². The van der Waals surface area contributed by atoms with E-state index in [1.807, 2.05) is 0 Å². The van der Waals surface area contributed by atoms with E-state index in [4.69, 9.17) is 0 Å². The molecule has 0 heterocycles. The molecule has 0 saturated heterocycles. The van der Waals surface area contributed by atoms with E-state index in [1.165, 1.54) is 24.0 Å². The van der Waals surface area contributed by atoms with Gasteiger partial charge in [0.15, 0.2) is 0 Å². The molecule has 1 fully saturated rings. The summed E-state index contributed by atoms with van der Waals surface area (Å²) in [5.41, 5.74) is 4.38. The minimum Gasteiger partial charge on any atom is -0.0776 e. The molecular formula is C12H18. The van der Waals surface area contributed by atoms with Crippen LogP contribution in [0.2, 0.25) is 0 Å². The maximum absolute atomic E-state index is 2.32. The van der Waals surface area contributed by atoms with Gasteiger partial charge in [-0.05, 0) is 38.2 Å². The summed E-state index contributed by atoms with van der Waals surface area (Å²) < 4.78 is 0. The Kier molecular flexibility index (Phi) is 2.56. The third kappa shape index (κ3) is 1.88. The molecule has 0 radical (unpaired) electrons.